The second-order valence-electron chi connectivity index (χ2n) is 3.99. The molecule has 0 aliphatic carbocycles. The number of carbonyl (C=O) groups excluding carboxylic acids is 2. The molecule has 1 aromatic carbocycles. The lowest BCUT2D eigenvalue weighted by molar-refractivity contribution is -0.124. The van der Waals surface area contributed by atoms with Gasteiger partial charge in [0.2, 0.25) is 11.8 Å². The average Bonchev–Trinajstić information content (AvgIpc) is 2.44. The van der Waals surface area contributed by atoms with Crippen molar-refractivity contribution in [2.75, 3.05) is 18.4 Å². The van der Waals surface area contributed by atoms with Crippen molar-refractivity contribution >= 4 is 23.5 Å². The lowest BCUT2D eigenvalue weighted by atomic mass is 10.2. The van der Waals surface area contributed by atoms with Crippen LogP contribution < -0.4 is 22.1 Å². The lowest BCUT2D eigenvalue weighted by Gasteiger charge is -2.10. The minimum Gasteiger partial charge on any atom is -0.478 e. The van der Waals surface area contributed by atoms with Crippen LogP contribution in [0.3, 0.4) is 0 Å². The summed E-state index contributed by atoms with van der Waals surface area (Å²) >= 11 is 0. The molecule has 0 fully saturated rings. The van der Waals surface area contributed by atoms with Gasteiger partial charge in [0.25, 0.3) is 0 Å². The van der Waals surface area contributed by atoms with Crippen LogP contribution in [0.2, 0.25) is 0 Å². The summed E-state index contributed by atoms with van der Waals surface area (Å²) in [6, 6.07) is 4.78. The van der Waals surface area contributed by atoms with Gasteiger partial charge in [0, 0.05) is 12.2 Å². The third kappa shape index (κ3) is 4.67. The van der Waals surface area contributed by atoms with Crippen molar-refractivity contribution in [3.05, 3.63) is 29.8 Å². The van der Waals surface area contributed by atoms with Crippen LogP contribution in [0.15, 0.2) is 24.3 Å². The van der Waals surface area contributed by atoms with Crippen LogP contribution in [0.5, 0.6) is 0 Å². The number of nitrogens with one attached hydrogen (secondary N) is 2. The molecule has 0 aliphatic heterocycles. The van der Waals surface area contributed by atoms with Crippen LogP contribution in [0, 0.1) is 0 Å². The Balaban J connectivity index is 2.46. The minimum absolute atomic E-state index is 0.00982. The number of hydrogen-bond donors (Lipinski definition) is 5. The zero-order valence-corrected chi connectivity index (χ0v) is 10.6. The molecule has 2 amide bonds. The Morgan fingerprint density at radius 1 is 1.20 bits per heavy atom. The van der Waals surface area contributed by atoms with E-state index in [0.29, 0.717) is 5.69 Å². The molecular formula is C12H16N4O4. The summed E-state index contributed by atoms with van der Waals surface area (Å²) in [6.45, 7) is -0.253. The average molecular weight is 280 g/mol. The molecule has 1 atom stereocenters. The second kappa shape index (κ2) is 7.22. The van der Waals surface area contributed by atoms with Crippen LogP contribution in [-0.4, -0.2) is 42.0 Å². The summed E-state index contributed by atoms with van der Waals surface area (Å²) in [5, 5.41) is 13.6. The molecule has 1 rings (SSSR count). The number of carboxylic acid groups (broad SMARTS) is 1. The van der Waals surface area contributed by atoms with Crippen molar-refractivity contribution in [1.82, 2.24) is 5.32 Å². The van der Waals surface area contributed by atoms with E-state index < -0.39 is 23.8 Å². The molecule has 20 heavy (non-hydrogen) atoms. The molecule has 0 bridgehead atoms. The number of nitrogens with two attached hydrogens (primary N) is 2. The number of hydrogen-bond acceptors (Lipinski definition) is 5. The maximum absolute atomic E-state index is 11.5. The first kappa shape index (κ1) is 15.6. The predicted octanol–water partition coefficient (Wildman–Crippen LogP) is -1.27. The maximum atomic E-state index is 11.5. The Hall–Kier alpha value is -2.45. The van der Waals surface area contributed by atoms with Crippen molar-refractivity contribution < 1.29 is 19.5 Å². The van der Waals surface area contributed by atoms with Crippen molar-refractivity contribution in [2.24, 2.45) is 11.5 Å². The SMILES string of the molecule is NC[C@@H](N)C(=O)NCC(=O)Nc1ccc(C(=O)O)cc1. The topological polar surface area (TPSA) is 148 Å². The van der Waals surface area contributed by atoms with Crippen LogP contribution >= 0.6 is 0 Å². The number of anilines is 1. The summed E-state index contributed by atoms with van der Waals surface area (Å²) < 4.78 is 0. The Morgan fingerprint density at radius 3 is 2.30 bits per heavy atom. The second-order valence-corrected chi connectivity index (χ2v) is 3.99. The molecule has 0 radical (unpaired) electrons. The maximum Gasteiger partial charge on any atom is 0.335 e. The molecule has 0 aromatic heterocycles. The molecule has 0 saturated heterocycles. The number of carbonyl (C=O) groups is 3. The summed E-state index contributed by atoms with van der Waals surface area (Å²) in [5.74, 6) is -2.01. The summed E-state index contributed by atoms with van der Waals surface area (Å²) in [4.78, 5) is 33.5. The standard InChI is InChI=1S/C12H16N4O4/c13-5-9(14)11(18)15-6-10(17)16-8-3-1-7(2-4-8)12(19)20/h1-4,9H,5-6,13-14H2,(H,15,18)(H,16,17)(H,19,20)/t9-/m1/s1. The first-order chi connectivity index (χ1) is 9.43. The van der Waals surface area contributed by atoms with E-state index in [4.69, 9.17) is 16.6 Å². The predicted molar refractivity (Wildman–Crippen MR) is 72.1 cm³/mol. The molecule has 7 N–H and O–H groups in total. The normalized spacial score (nSPS) is 11.5. The lowest BCUT2D eigenvalue weighted by Crippen LogP contribution is -2.47. The van der Waals surface area contributed by atoms with E-state index >= 15 is 0 Å². The van der Waals surface area contributed by atoms with Crippen LogP contribution in [-0.2, 0) is 9.59 Å². The fourth-order valence-electron chi connectivity index (χ4n) is 1.31. The molecule has 8 nitrogen and oxygen atoms in total. The van der Waals surface area contributed by atoms with E-state index in [-0.39, 0.29) is 18.7 Å². The van der Waals surface area contributed by atoms with Gasteiger partial charge in [0.15, 0.2) is 0 Å². The molecule has 0 heterocycles. The Morgan fingerprint density at radius 2 is 1.80 bits per heavy atom. The van der Waals surface area contributed by atoms with Crippen LogP contribution in [0.1, 0.15) is 10.4 Å². The van der Waals surface area contributed by atoms with E-state index in [2.05, 4.69) is 10.6 Å². The molecule has 1 aromatic rings. The van der Waals surface area contributed by atoms with E-state index in [1.807, 2.05) is 0 Å². The van der Waals surface area contributed by atoms with Crippen LogP contribution in [0.4, 0.5) is 5.69 Å². The van der Waals surface area contributed by atoms with Gasteiger partial charge in [-0.2, -0.15) is 0 Å². The zero-order valence-electron chi connectivity index (χ0n) is 10.6. The molecule has 0 unspecified atom stereocenters. The third-order valence-electron chi connectivity index (χ3n) is 2.43. The molecule has 0 spiro atoms. The number of rotatable bonds is 6. The van der Waals surface area contributed by atoms with E-state index in [9.17, 15) is 14.4 Å². The molecule has 0 saturated carbocycles. The molecule has 108 valence electrons. The van der Waals surface area contributed by atoms with Crippen LogP contribution in [0.25, 0.3) is 0 Å². The Bertz CT molecular complexity index is 501. The van der Waals surface area contributed by atoms with Gasteiger partial charge in [-0.05, 0) is 24.3 Å². The fourth-order valence-corrected chi connectivity index (χ4v) is 1.31. The molecular weight excluding hydrogens is 264 g/mol. The van der Waals surface area contributed by atoms with Crippen molar-refractivity contribution in [1.29, 1.82) is 0 Å². The highest BCUT2D eigenvalue weighted by atomic mass is 16.4. The van der Waals surface area contributed by atoms with Gasteiger partial charge in [-0.3, -0.25) is 9.59 Å². The van der Waals surface area contributed by atoms with Gasteiger partial charge in [0.05, 0.1) is 18.2 Å². The quantitative estimate of drug-likeness (QED) is 0.438. The summed E-state index contributed by atoms with van der Waals surface area (Å²) in [6.07, 6.45) is 0. The van der Waals surface area contributed by atoms with Gasteiger partial charge < -0.3 is 27.2 Å². The smallest absolute Gasteiger partial charge is 0.335 e. The monoisotopic (exact) mass is 280 g/mol. The third-order valence-corrected chi connectivity index (χ3v) is 2.43. The Labute approximate surface area is 115 Å². The summed E-state index contributed by atoms with van der Waals surface area (Å²) in [7, 11) is 0. The van der Waals surface area contributed by atoms with Crippen molar-refractivity contribution in [3.63, 3.8) is 0 Å². The minimum atomic E-state index is -1.05. The Kier molecular flexibility index (Phi) is 5.63. The number of benzene rings is 1. The van der Waals surface area contributed by atoms with Gasteiger partial charge >= 0.3 is 5.97 Å². The highest BCUT2D eigenvalue weighted by Crippen LogP contribution is 2.09. The zero-order chi connectivity index (χ0) is 15.1. The molecule has 0 aliphatic rings. The van der Waals surface area contributed by atoms with Crippen molar-refractivity contribution in [3.8, 4) is 0 Å². The van der Waals surface area contributed by atoms with E-state index in [1.165, 1.54) is 24.3 Å². The largest absolute Gasteiger partial charge is 0.478 e. The van der Waals surface area contributed by atoms with Gasteiger partial charge in [-0.25, -0.2) is 4.79 Å². The van der Waals surface area contributed by atoms with E-state index in [1.54, 1.807) is 0 Å². The highest BCUT2D eigenvalue weighted by molar-refractivity contribution is 5.95. The van der Waals surface area contributed by atoms with Gasteiger partial charge in [-0.15, -0.1) is 0 Å². The van der Waals surface area contributed by atoms with Gasteiger partial charge in [-0.1, -0.05) is 0 Å². The van der Waals surface area contributed by atoms with Crippen molar-refractivity contribution in [2.45, 2.75) is 6.04 Å². The summed E-state index contributed by atoms with van der Waals surface area (Å²) in [5.41, 5.74) is 11.1. The number of amides is 2. The highest BCUT2D eigenvalue weighted by Gasteiger charge is 2.12. The number of aromatic carboxylic acids is 1. The van der Waals surface area contributed by atoms with Gasteiger partial charge in [0.1, 0.15) is 0 Å². The number of carboxylic acids is 1. The fraction of sp³-hybridized carbons (Fsp3) is 0.250. The first-order valence-corrected chi connectivity index (χ1v) is 5.80. The van der Waals surface area contributed by atoms with E-state index in [0.717, 1.165) is 0 Å². The molecule has 8 heteroatoms. The first-order valence-electron chi connectivity index (χ1n) is 5.80.